The average molecular weight is 294 g/mol. The lowest BCUT2D eigenvalue weighted by atomic mass is 10.1. The largest absolute Gasteiger partial charge is 0.212 e. The second-order valence-electron chi connectivity index (χ2n) is 4.38. The first kappa shape index (κ1) is 13.6. The lowest BCUT2D eigenvalue weighted by molar-refractivity contribution is 0.762. The van der Waals surface area contributed by atoms with Crippen molar-refractivity contribution in [1.29, 1.82) is 0 Å². The van der Waals surface area contributed by atoms with Gasteiger partial charge in [-0.25, -0.2) is 0 Å². The van der Waals surface area contributed by atoms with Crippen LogP contribution in [0.3, 0.4) is 0 Å². The van der Waals surface area contributed by atoms with E-state index in [0.717, 1.165) is 33.6 Å². The second-order valence-corrected chi connectivity index (χ2v) is 5.32. The number of nitrogens with zero attached hydrogens (tertiary/aromatic N) is 4. The number of hydrogen-bond acceptors (Lipinski definition) is 4. The molecule has 3 rings (SSSR count). The monoisotopic (exact) mass is 294 g/mol. The molecule has 0 aliphatic carbocycles. The molecule has 0 radical (unpaired) electrons. The SMILES string of the molecule is C=C/C=C(\C=C)C1=Nn2c(nnc2-c2ccccc2)SC1. The third kappa shape index (κ3) is 2.60. The van der Waals surface area contributed by atoms with E-state index in [1.807, 2.05) is 36.4 Å². The molecule has 0 unspecified atom stereocenters. The van der Waals surface area contributed by atoms with Crippen LogP contribution >= 0.6 is 11.8 Å². The second kappa shape index (κ2) is 5.93. The first-order valence-corrected chi connectivity index (χ1v) is 7.49. The topological polar surface area (TPSA) is 43.1 Å². The third-order valence-electron chi connectivity index (χ3n) is 3.05. The van der Waals surface area contributed by atoms with Gasteiger partial charge in [0.15, 0.2) is 5.82 Å². The van der Waals surface area contributed by atoms with Gasteiger partial charge in [-0.3, -0.25) is 0 Å². The molecule has 0 atom stereocenters. The van der Waals surface area contributed by atoms with Crippen LogP contribution in [0.4, 0.5) is 0 Å². The molecule has 0 saturated carbocycles. The first-order chi connectivity index (χ1) is 10.3. The first-order valence-electron chi connectivity index (χ1n) is 6.50. The summed E-state index contributed by atoms with van der Waals surface area (Å²) in [6, 6.07) is 9.93. The summed E-state index contributed by atoms with van der Waals surface area (Å²) in [7, 11) is 0. The Morgan fingerprint density at radius 3 is 2.71 bits per heavy atom. The molecule has 1 aromatic heterocycles. The summed E-state index contributed by atoms with van der Waals surface area (Å²) in [5.74, 6) is 1.50. The number of thioether (sulfide) groups is 1. The molecule has 1 aliphatic rings. The summed E-state index contributed by atoms with van der Waals surface area (Å²) in [4.78, 5) is 0. The Hall–Kier alpha value is -2.40. The number of benzene rings is 1. The summed E-state index contributed by atoms with van der Waals surface area (Å²) in [6.45, 7) is 7.56. The van der Waals surface area contributed by atoms with Crippen LogP contribution < -0.4 is 0 Å². The van der Waals surface area contributed by atoms with E-state index in [2.05, 4.69) is 28.5 Å². The molecule has 0 amide bonds. The predicted molar refractivity (Wildman–Crippen MR) is 87.5 cm³/mol. The molecule has 2 aromatic rings. The quantitative estimate of drug-likeness (QED) is 0.810. The minimum Gasteiger partial charge on any atom is -0.187 e. The fraction of sp³-hybridized carbons (Fsp3) is 0.0625. The van der Waals surface area contributed by atoms with E-state index in [9.17, 15) is 0 Å². The maximum Gasteiger partial charge on any atom is 0.212 e. The van der Waals surface area contributed by atoms with Crippen LogP contribution in [0, 0.1) is 0 Å². The van der Waals surface area contributed by atoms with E-state index in [-0.39, 0.29) is 0 Å². The number of aromatic nitrogens is 3. The zero-order valence-electron chi connectivity index (χ0n) is 11.4. The molecule has 0 saturated heterocycles. The van der Waals surface area contributed by atoms with Crippen molar-refractivity contribution in [2.75, 3.05) is 5.75 Å². The Morgan fingerprint density at radius 1 is 1.19 bits per heavy atom. The van der Waals surface area contributed by atoms with Gasteiger partial charge in [0.05, 0.1) is 5.71 Å². The van der Waals surface area contributed by atoms with Crippen LogP contribution in [-0.4, -0.2) is 26.3 Å². The summed E-state index contributed by atoms with van der Waals surface area (Å²) in [6.07, 6.45) is 5.44. The van der Waals surface area contributed by atoms with E-state index in [1.54, 1.807) is 28.6 Å². The van der Waals surface area contributed by atoms with Crippen LogP contribution in [0.5, 0.6) is 0 Å². The van der Waals surface area contributed by atoms with Gasteiger partial charge in [0.25, 0.3) is 0 Å². The summed E-state index contributed by atoms with van der Waals surface area (Å²) >= 11 is 1.62. The van der Waals surface area contributed by atoms with Gasteiger partial charge in [-0.15, -0.1) is 10.2 Å². The van der Waals surface area contributed by atoms with Crippen molar-refractivity contribution < 1.29 is 0 Å². The van der Waals surface area contributed by atoms with Gasteiger partial charge >= 0.3 is 0 Å². The molecule has 1 aliphatic heterocycles. The van der Waals surface area contributed by atoms with Gasteiger partial charge in [0.1, 0.15) is 0 Å². The van der Waals surface area contributed by atoms with Crippen molar-refractivity contribution in [2.45, 2.75) is 5.16 Å². The molecule has 0 bridgehead atoms. The average Bonchev–Trinajstić information content (AvgIpc) is 2.96. The van der Waals surface area contributed by atoms with E-state index >= 15 is 0 Å². The van der Waals surface area contributed by atoms with E-state index < -0.39 is 0 Å². The highest BCUT2D eigenvalue weighted by Gasteiger charge is 2.20. The summed E-state index contributed by atoms with van der Waals surface area (Å²) in [5, 5.41) is 13.9. The zero-order valence-corrected chi connectivity index (χ0v) is 12.3. The Morgan fingerprint density at radius 2 is 2.00 bits per heavy atom. The van der Waals surface area contributed by atoms with Crippen LogP contribution in [0.25, 0.3) is 11.4 Å². The van der Waals surface area contributed by atoms with Gasteiger partial charge in [-0.2, -0.15) is 9.78 Å². The van der Waals surface area contributed by atoms with E-state index in [4.69, 9.17) is 0 Å². The number of fused-ring (bicyclic) bond motifs is 1. The molecule has 0 N–H and O–H groups in total. The van der Waals surface area contributed by atoms with Gasteiger partial charge < -0.3 is 0 Å². The maximum atomic E-state index is 4.67. The van der Waals surface area contributed by atoms with Crippen LogP contribution in [0.15, 0.2) is 77.5 Å². The molecular formula is C16H14N4S. The standard InChI is InChI=1S/C16H14N4S/c1-3-8-12(4-2)14-11-21-16-18-17-15(20(16)19-14)13-9-6-5-7-10-13/h3-10H,1-2,11H2/b12-8+. The Kier molecular flexibility index (Phi) is 3.83. The molecule has 1 aromatic carbocycles. The smallest absolute Gasteiger partial charge is 0.187 e. The number of allylic oxidation sites excluding steroid dienone is 4. The predicted octanol–water partition coefficient (Wildman–Crippen LogP) is 3.55. The molecule has 0 spiro atoms. The molecule has 21 heavy (non-hydrogen) atoms. The molecule has 4 nitrogen and oxygen atoms in total. The maximum absolute atomic E-state index is 4.67. The Balaban J connectivity index is 2.08. The van der Waals surface area contributed by atoms with E-state index in [0.29, 0.717) is 0 Å². The van der Waals surface area contributed by atoms with Crippen molar-refractivity contribution >= 4 is 17.5 Å². The molecule has 2 heterocycles. The highest BCUT2D eigenvalue weighted by atomic mass is 32.2. The lowest BCUT2D eigenvalue weighted by Crippen LogP contribution is -2.14. The number of hydrogen-bond donors (Lipinski definition) is 0. The summed E-state index contributed by atoms with van der Waals surface area (Å²) in [5.41, 5.74) is 2.91. The number of rotatable bonds is 4. The zero-order chi connectivity index (χ0) is 14.7. The van der Waals surface area contributed by atoms with Crippen molar-refractivity contribution in [3.63, 3.8) is 0 Å². The van der Waals surface area contributed by atoms with Gasteiger partial charge in [-0.1, -0.05) is 73.5 Å². The van der Waals surface area contributed by atoms with Crippen molar-refractivity contribution in [3.05, 3.63) is 67.3 Å². The lowest BCUT2D eigenvalue weighted by Gasteiger charge is -2.14. The normalized spacial score (nSPS) is 14.3. The Bertz CT molecular complexity index is 741. The third-order valence-corrected chi connectivity index (χ3v) is 3.98. The van der Waals surface area contributed by atoms with Gasteiger partial charge in [0, 0.05) is 11.3 Å². The van der Waals surface area contributed by atoms with Crippen LogP contribution in [0.2, 0.25) is 0 Å². The van der Waals surface area contributed by atoms with Crippen molar-refractivity contribution in [3.8, 4) is 11.4 Å². The fourth-order valence-electron chi connectivity index (χ4n) is 2.05. The van der Waals surface area contributed by atoms with Gasteiger partial charge in [-0.05, 0) is 5.57 Å². The highest BCUT2D eigenvalue weighted by Crippen LogP contribution is 2.28. The highest BCUT2D eigenvalue weighted by molar-refractivity contribution is 7.99. The van der Waals surface area contributed by atoms with Crippen molar-refractivity contribution in [2.24, 2.45) is 5.10 Å². The Labute approximate surface area is 127 Å². The molecule has 104 valence electrons. The van der Waals surface area contributed by atoms with E-state index in [1.165, 1.54) is 0 Å². The summed E-state index contributed by atoms with van der Waals surface area (Å²) < 4.78 is 1.79. The van der Waals surface area contributed by atoms with Crippen LogP contribution in [-0.2, 0) is 0 Å². The van der Waals surface area contributed by atoms with Gasteiger partial charge in [0.2, 0.25) is 5.16 Å². The van der Waals surface area contributed by atoms with Crippen LogP contribution in [0.1, 0.15) is 0 Å². The fourth-order valence-corrected chi connectivity index (χ4v) is 2.88. The van der Waals surface area contributed by atoms with Crippen molar-refractivity contribution in [1.82, 2.24) is 14.9 Å². The molecule has 5 heteroatoms. The molecule has 0 fully saturated rings. The minimum absolute atomic E-state index is 0.748. The molecular weight excluding hydrogens is 280 g/mol. The minimum atomic E-state index is 0.748.